The van der Waals surface area contributed by atoms with E-state index in [-0.39, 0.29) is 6.54 Å². The maximum Gasteiger partial charge on any atom is 0.323 e. The van der Waals surface area contributed by atoms with Crippen LogP contribution in [0.4, 0.5) is 5.95 Å². The highest BCUT2D eigenvalue weighted by Gasteiger charge is 2.13. The minimum Gasteiger partial charge on any atom is -0.480 e. The minimum atomic E-state index is -0.882. The van der Waals surface area contributed by atoms with E-state index in [4.69, 9.17) is 5.11 Å². The summed E-state index contributed by atoms with van der Waals surface area (Å²) in [6.45, 7) is -0.0788. The van der Waals surface area contributed by atoms with Crippen molar-refractivity contribution >= 4 is 23.0 Å². The topological polar surface area (TPSA) is 71.2 Å². The van der Waals surface area contributed by atoms with E-state index in [1.165, 1.54) is 0 Å². The maximum atomic E-state index is 10.6. The number of carbonyl (C=O) groups is 1. The molecule has 0 radical (unpaired) electrons. The molecule has 0 bridgehead atoms. The average Bonchev–Trinajstić information content (AvgIpc) is 2.56. The molecule has 0 saturated heterocycles. The van der Waals surface area contributed by atoms with Crippen molar-refractivity contribution in [1.82, 2.24) is 14.5 Å². The zero-order valence-electron chi connectivity index (χ0n) is 9.08. The Hall–Kier alpha value is -2.11. The molecule has 6 heteroatoms. The molecule has 0 amide bonds. The molecule has 0 saturated carbocycles. The average molecular weight is 220 g/mol. The molecule has 0 aliphatic rings. The monoisotopic (exact) mass is 220 g/mol. The molecule has 2 heterocycles. The van der Waals surface area contributed by atoms with E-state index in [2.05, 4.69) is 9.97 Å². The number of pyridine rings is 1. The molecule has 0 atom stereocenters. The van der Waals surface area contributed by atoms with Crippen molar-refractivity contribution in [1.29, 1.82) is 0 Å². The van der Waals surface area contributed by atoms with Crippen molar-refractivity contribution in [3.8, 4) is 0 Å². The van der Waals surface area contributed by atoms with Gasteiger partial charge in [-0.15, -0.1) is 0 Å². The van der Waals surface area contributed by atoms with Crippen LogP contribution in [-0.4, -0.2) is 39.2 Å². The predicted octanol–water partition coefficient (Wildman–Crippen LogP) is 0.489. The van der Waals surface area contributed by atoms with Crippen LogP contribution in [0.25, 0.3) is 11.0 Å². The van der Waals surface area contributed by atoms with Crippen LogP contribution in [0, 0.1) is 0 Å². The summed E-state index contributed by atoms with van der Waals surface area (Å²) in [6, 6.07) is 1.80. The van der Waals surface area contributed by atoms with E-state index in [1.54, 1.807) is 30.4 Å². The fraction of sp³-hybridized carbons (Fsp3) is 0.300. The maximum absolute atomic E-state index is 10.6. The number of likely N-dealkylation sites (N-methyl/N-ethyl adjacent to an activating group) is 1. The fourth-order valence-electron chi connectivity index (χ4n) is 1.64. The normalized spacial score (nSPS) is 10.6. The van der Waals surface area contributed by atoms with Gasteiger partial charge in [-0.1, -0.05) is 0 Å². The molecule has 6 nitrogen and oxygen atoms in total. The highest BCUT2D eigenvalue weighted by Crippen LogP contribution is 2.18. The second-order valence-corrected chi connectivity index (χ2v) is 3.59. The van der Waals surface area contributed by atoms with Crippen LogP contribution in [0.2, 0.25) is 0 Å². The molecular formula is C10H12N4O2. The number of rotatable bonds is 3. The largest absolute Gasteiger partial charge is 0.480 e. The van der Waals surface area contributed by atoms with Crippen LogP contribution in [0.15, 0.2) is 18.5 Å². The number of carboxylic acids is 1. The standard InChI is InChI=1S/C10H12N4O2/c1-13(6-9(15)16)10-12-7-3-4-11-5-8(7)14(10)2/h3-5H,6H2,1-2H3,(H,15,16). The van der Waals surface area contributed by atoms with Gasteiger partial charge in [-0.2, -0.15) is 0 Å². The second-order valence-electron chi connectivity index (χ2n) is 3.59. The predicted molar refractivity (Wildman–Crippen MR) is 59.4 cm³/mol. The van der Waals surface area contributed by atoms with E-state index in [0.717, 1.165) is 11.0 Å². The van der Waals surface area contributed by atoms with Crippen LogP contribution >= 0.6 is 0 Å². The lowest BCUT2D eigenvalue weighted by Crippen LogP contribution is -2.27. The molecule has 2 rings (SSSR count). The number of anilines is 1. The molecular weight excluding hydrogens is 208 g/mol. The van der Waals surface area contributed by atoms with E-state index in [1.807, 2.05) is 11.6 Å². The number of nitrogens with zero attached hydrogens (tertiary/aromatic N) is 4. The van der Waals surface area contributed by atoms with E-state index < -0.39 is 5.97 Å². The zero-order chi connectivity index (χ0) is 11.7. The highest BCUT2D eigenvalue weighted by atomic mass is 16.4. The number of carboxylic acid groups (broad SMARTS) is 1. The quantitative estimate of drug-likeness (QED) is 0.815. The summed E-state index contributed by atoms with van der Waals surface area (Å²) in [5.41, 5.74) is 1.69. The Morgan fingerprint density at radius 1 is 1.62 bits per heavy atom. The highest BCUT2D eigenvalue weighted by molar-refractivity contribution is 5.79. The van der Waals surface area contributed by atoms with Gasteiger partial charge in [-0.3, -0.25) is 9.78 Å². The summed E-state index contributed by atoms with van der Waals surface area (Å²) in [4.78, 5) is 20.6. The molecule has 0 spiro atoms. The van der Waals surface area contributed by atoms with Crippen LogP contribution in [0.5, 0.6) is 0 Å². The molecule has 0 fully saturated rings. The van der Waals surface area contributed by atoms with Crippen molar-refractivity contribution < 1.29 is 9.90 Å². The minimum absolute atomic E-state index is 0.0788. The number of aliphatic carboxylic acids is 1. The Morgan fingerprint density at radius 2 is 2.38 bits per heavy atom. The Morgan fingerprint density at radius 3 is 3.00 bits per heavy atom. The summed E-state index contributed by atoms with van der Waals surface area (Å²) < 4.78 is 1.82. The Labute approximate surface area is 92.1 Å². The summed E-state index contributed by atoms with van der Waals surface area (Å²) in [7, 11) is 3.54. The Bertz CT molecular complexity index is 535. The molecule has 0 aromatic carbocycles. The molecule has 0 unspecified atom stereocenters. The number of fused-ring (bicyclic) bond motifs is 1. The number of imidazole rings is 1. The first-order valence-corrected chi connectivity index (χ1v) is 4.79. The Balaban J connectivity index is 2.45. The third kappa shape index (κ3) is 1.69. The summed E-state index contributed by atoms with van der Waals surface area (Å²) in [5, 5.41) is 8.72. The van der Waals surface area contributed by atoms with Crippen molar-refractivity contribution in [3.63, 3.8) is 0 Å². The van der Waals surface area contributed by atoms with Crippen molar-refractivity contribution in [2.45, 2.75) is 0 Å². The van der Waals surface area contributed by atoms with E-state index in [9.17, 15) is 4.79 Å². The zero-order valence-corrected chi connectivity index (χ0v) is 9.08. The third-order valence-corrected chi connectivity index (χ3v) is 2.37. The summed E-state index contributed by atoms with van der Waals surface area (Å²) in [6.07, 6.45) is 3.37. The van der Waals surface area contributed by atoms with Gasteiger partial charge in [-0.05, 0) is 6.07 Å². The number of hydrogen-bond donors (Lipinski definition) is 1. The molecule has 2 aromatic rings. The van der Waals surface area contributed by atoms with Gasteiger partial charge in [0.15, 0.2) is 0 Å². The summed E-state index contributed by atoms with van der Waals surface area (Å²) >= 11 is 0. The molecule has 0 aliphatic carbocycles. The first-order chi connectivity index (χ1) is 7.59. The van der Waals surface area contributed by atoms with Crippen LogP contribution in [-0.2, 0) is 11.8 Å². The van der Waals surface area contributed by atoms with E-state index >= 15 is 0 Å². The van der Waals surface area contributed by atoms with Gasteiger partial charge in [0.1, 0.15) is 6.54 Å². The molecule has 1 N–H and O–H groups in total. The lowest BCUT2D eigenvalue weighted by molar-refractivity contribution is -0.135. The smallest absolute Gasteiger partial charge is 0.323 e. The van der Waals surface area contributed by atoms with Gasteiger partial charge < -0.3 is 14.6 Å². The van der Waals surface area contributed by atoms with Crippen LogP contribution < -0.4 is 4.90 Å². The Kier molecular flexibility index (Phi) is 2.47. The molecule has 0 aliphatic heterocycles. The summed E-state index contributed by atoms with van der Waals surface area (Å²) in [5.74, 6) is -0.266. The molecule has 16 heavy (non-hydrogen) atoms. The lowest BCUT2D eigenvalue weighted by Gasteiger charge is -2.15. The van der Waals surface area contributed by atoms with Crippen molar-refractivity contribution in [3.05, 3.63) is 18.5 Å². The fourth-order valence-corrected chi connectivity index (χ4v) is 1.64. The van der Waals surface area contributed by atoms with Gasteiger partial charge in [0.25, 0.3) is 0 Å². The van der Waals surface area contributed by atoms with Gasteiger partial charge in [0, 0.05) is 20.3 Å². The third-order valence-electron chi connectivity index (χ3n) is 2.37. The van der Waals surface area contributed by atoms with Crippen LogP contribution in [0.1, 0.15) is 0 Å². The van der Waals surface area contributed by atoms with Crippen molar-refractivity contribution in [2.75, 3.05) is 18.5 Å². The van der Waals surface area contributed by atoms with Gasteiger partial charge in [0.2, 0.25) is 5.95 Å². The molecule has 84 valence electrons. The van der Waals surface area contributed by atoms with Crippen molar-refractivity contribution in [2.24, 2.45) is 7.05 Å². The van der Waals surface area contributed by atoms with Gasteiger partial charge >= 0.3 is 5.97 Å². The van der Waals surface area contributed by atoms with E-state index in [0.29, 0.717) is 5.95 Å². The number of hydrogen-bond acceptors (Lipinski definition) is 4. The lowest BCUT2D eigenvalue weighted by atomic mass is 10.4. The SMILES string of the molecule is CN(CC(=O)O)c1nc2ccncc2n1C. The first kappa shape index (κ1) is 10.4. The van der Waals surface area contributed by atoms with Gasteiger partial charge in [-0.25, -0.2) is 4.98 Å². The second kappa shape index (κ2) is 3.80. The number of aryl methyl sites for hydroxylation is 1. The molecule has 2 aromatic heterocycles. The van der Waals surface area contributed by atoms with Gasteiger partial charge in [0.05, 0.1) is 17.2 Å². The van der Waals surface area contributed by atoms with Crippen LogP contribution in [0.3, 0.4) is 0 Å². The number of aromatic nitrogens is 3. The first-order valence-electron chi connectivity index (χ1n) is 4.79.